The molecule has 0 aromatic rings. The van der Waals surface area contributed by atoms with E-state index in [1.165, 1.54) is 7.05 Å². The zero-order valence-corrected chi connectivity index (χ0v) is 5.92. The molecule has 1 fully saturated rings. The van der Waals surface area contributed by atoms with Gasteiger partial charge in [-0.3, -0.25) is 0 Å². The fraction of sp³-hybridized carbons (Fsp3) is 0.833. The van der Waals surface area contributed by atoms with Crippen LogP contribution < -0.4 is 5.32 Å². The van der Waals surface area contributed by atoms with E-state index < -0.39 is 0 Å². The SMILES string of the molecule is CNC(=O)O[C@@H]1CCOC1. The molecular formula is C6H11NO3. The van der Waals surface area contributed by atoms with Gasteiger partial charge in [-0.25, -0.2) is 4.79 Å². The van der Waals surface area contributed by atoms with Gasteiger partial charge in [0.25, 0.3) is 0 Å². The summed E-state index contributed by atoms with van der Waals surface area (Å²) in [5.41, 5.74) is 0. The van der Waals surface area contributed by atoms with Crippen molar-refractivity contribution in [2.24, 2.45) is 0 Å². The first-order chi connectivity index (χ1) is 4.83. The number of rotatable bonds is 1. The highest BCUT2D eigenvalue weighted by atomic mass is 16.6. The van der Waals surface area contributed by atoms with Crippen LogP contribution in [0.1, 0.15) is 6.42 Å². The van der Waals surface area contributed by atoms with Crippen LogP contribution in [0.5, 0.6) is 0 Å². The summed E-state index contributed by atoms with van der Waals surface area (Å²) in [4.78, 5) is 10.6. The van der Waals surface area contributed by atoms with Crippen LogP contribution in [0.4, 0.5) is 4.79 Å². The molecule has 1 rings (SSSR count). The van der Waals surface area contributed by atoms with Crippen molar-refractivity contribution in [1.29, 1.82) is 0 Å². The Morgan fingerprint density at radius 1 is 1.80 bits per heavy atom. The summed E-state index contributed by atoms with van der Waals surface area (Å²) in [7, 11) is 1.54. The van der Waals surface area contributed by atoms with Crippen molar-refractivity contribution in [2.45, 2.75) is 12.5 Å². The first kappa shape index (κ1) is 7.34. The summed E-state index contributed by atoms with van der Waals surface area (Å²) >= 11 is 0. The molecule has 0 radical (unpaired) electrons. The molecule has 58 valence electrons. The molecule has 1 N–H and O–H groups in total. The average Bonchev–Trinajstić information content (AvgIpc) is 2.40. The molecular weight excluding hydrogens is 134 g/mol. The number of nitrogens with one attached hydrogen (secondary N) is 1. The number of alkyl carbamates (subject to hydrolysis) is 1. The highest BCUT2D eigenvalue weighted by Crippen LogP contribution is 2.07. The topological polar surface area (TPSA) is 47.6 Å². The van der Waals surface area contributed by atoms with Gasteiger partial charge in [-0.1, -0.05) is 0 Å². The number of ether oxygens (including phenoxy) is 2. The van der Waals surface area contributed by atoms with E-state index in [9.17, 15) is 4.79 Å². The van der Waals surface area contributed by atoms with Crippen LogP contribution in [0.2, 0.25) is 0 Å². The number of hydrogen-bond donors (Lipinski definition) is 1. The van der Waals surface area contributed by atoms with Crippen molar-refractivity contribution in [1.82, 2.24) is 5.32 Å². The van der Waals surface area contributed by atoms with Gasteiger partial charge in [-0.2, -0.15) is 0 Å². The molecule has 1 heterocycles. The molecule has 0 aromatic heterocycles. The van der Waals surface area contributed by atoms with E-state index in [1.54, 1.807) is 0 Å². The van der Waals surface area contributed by atoms with Crippen molar-refractivity contribution in [3.63, 3.8) is 0 Å². The lowest BCUT2D eigenvalue weighted by molar-refractivity contribution is 0.0846. The minimum Gasteiger partial charge on any atom is -0.444 e. The second-order valence-corrected chi connectivity index (χ2v) is 2.14. The maximum Gasteiger partial charge on any atom is 0.407 e. The largest absolute Gasteiger partial charge is 0.444 e. The van der Waals surface area contributed by atoms with E-state index in [4.69, 9.17) is 9.47 Å². The van der Waals surface area contributed by atoms with Crippen LogP contribution in [-0.2, 0) is 9.47 Å². The first-order valence-corrected chi connectivity index (χ1v) is 3.29. The molecule has 0 bridgehead atoms. The van der Waals surface area contributed by atoms with Gasteiger partial charge >= 0.3 is 6.09 Å². The Balaban J connectivity index is 2.17. The lowest BCUT2D eigenvalue weighted by Crippen LogP contribution is -2.25. The van der Waals surface area contributed by atoms with Crippen LogP contribution in [0, 0.1) is 0 Å². The molecule has 1 amide bonds. The van der Waals surface area contributed by atoms with Crippen molar-refractivity contribution in [2.75, 3.05) is 20.3 Å². The second kappa shape index (κ2) is 3.41. The van der Waals surface area contributed by atoms with Gasteiger partial charge in [0.05, 0.1) is 13.2 Å². The number of amides is 1. The predicted octanol–water partition coefficient (Wildman–Crippen LogP) is 0.131. The zero-order chi connectivity index (χ0) is 7.40. The molecule has 1 saturated heterocycles. The van der Waals surface area contributed by atoms with Crippen LogP contribution in [-0.4, -0.2) is 32.5 Å². The van der Waals surface area contributed by atoms with E-state index in [-0.39, 0.29) is 12.2 Å². The highest BCUT2D eigenvalue weighted by molar-refractivity contribution is 5.66. The maximum absolute atomic E-state index is 10.6. The summed E-state index contributed by atoms with van der Waals surface area (Å²) in [6.45, 7) is 1.23. The summed E-state index contributed by atoms with van der Waals surface area (Å²) in [6, 6.07) is 0. The molecule has 1 aliphatic heterocycles. The van der Waals surface area contributed by atoms with Crippen molar-refractivity contribution < 1.29 is 14.3 Å². The minimum absolute atomic E-state index is 0.0417. The molecule has 4 nitrogen and oxygen atoms in total. The highest BCUT2D eigenvalue weighted by Gasteiger charge is 2.18. The lowest BCUT2D eigenvalue weighted by Gasteiger charge is -2.07. The van der Waals surface area contributed by atoms with Crippen LogP contribution in [0.3, 0.4) is 0 Å². The molecule has 0 aromatic carbocycles. The van der Waals surface area contributed by atoms with Gasteiger partial charge in [0.1, 0.15) is 6.10 Å². The molecule has 4 heteroatoms. The van der Waals surface area contributed by atoms with Gasteiger partial charge in [0.15, 0.2) is 0 Å². The van der Waals surface area contributed by atoms with Crippen LogP contribution in [0.15, 0.2) is 0 Å². The predicted molar refractivity (Wildman–Crippen MR) is 34.8 cm³/mol. The normalized spacial score (nSPS) is 24.3. The minimum atomic E-state index is -0.379. The molecule has 1 atom stereocenters. The monoisotopic (exact) mass is 145 g/mol. The second-order valence-electron chi connectivity index (χ2n) is 2.14. The molecule has 10 heavy (non-hydrogen) atoms. The van der Waals surface area contributed by atoms with E-state index in [1.807, 2.05) is 0 Å². The van der Waals surface area contributed by atoms with Gasteiger partial charge in [0, 0.05) is 13.5 Å². The lowest BCUT2D eigenvalue weighted by atomic mass is 10.3. The van der Waals surface area contributed by atoms with Crippen LogP contribution >= 0.6 is 0 Å². The Hall–Kier alpha value is -0.770. The van der Waals surface area contributed by atoms with E-state index in [2.05, 4.69) is 5.32 Å². The average molecular weight is 145 g/mol. The Morgan fingerprint density at radius 2 is 2.60 bits per heavy atom. The molecule has 0 aliphatic carbocycles. The summed E-state index contributed by atoms with van der Waals surface area (Å²) < 4.78 is 9.88. The zero-order valence-electron chi connectivity index (χ0n) is 5.92. The quantitative estimate of drug-likeness (QED) is 0.570. The smallest absolute Gasteiger partial charge is 0.407 e. The Morgan fingerprint density at radius 3 is 3.10 bits per heavy atom. The van der Waals surface area contributed by atoms with Crippen LogP contribution in [0.25, 0.3) is 0 Å². The van der Waals surface area contributed by atoms with Crippen molar-refractivity contribution in [3.05, 3.63) is 0 Å². The third-order valence-corrected chi connectivity index (χ3v) is 1.37. The van der Waals surface area contributed by atoms with E-state index in [0.29, 0.717) is 13.2 Å². The third kappa shape index (κ3) is 1.88. The van der Waals surface area contributed by atoms with Crippen molar-refractivity contribution in [3.8, 4) is 0 Å². The Bertz CT molecular complexity index is 120. The number of carbonyl (C=O) groups is 1. The molecule has 0 unspecified atom stereocenters. The van der Waals surface area contributed by atoms with Gasteiger partial charge in [-0.05, 0) is 0 Å². The van der Waals surface area contributed by atoms with Crippen molar-refractivity contribution >= 4 is 6.09 Å². The third-order valence-electron chi connectivity index (χ3n) is 1.37. The summed E-state index contributed by atoms with van der Waals surface area (Å²) in [6.07, 6.45) is 0.392. The summed E-state index contributed by atoms with van der Waals surface area (Å²) in [5, 5.41) is 2.38. The Labute approximate surface area is 59.5 Å². The Kier molecular flexibility index (Phi) is 2.50. The number of carbonyl (C=O) groups excluding carboxylic acids is 1. The van der Waals surface area contributed by atoms with E-state index in [0.717, 1.165) is 6.42 Å². The van der Waals surface area contributed by atoms with Gasteiger partial charge < -0.3 is 14.8 Å². The van der Waals surface area contributed by atoms with Gasteiger partial charge in [-0.15, -0.1) is 0 Å². The number of hydrogen-bond acceptors (Lipinski definition) is 3. The standard InChI is InChI=1S/C6H11NO3/c1-7-6(8)10-5-2-3-9-4-5/h5H,2-4H2,1H3,(H,7,8)/t5-/m1/s1. The summed E-state index contributed by atoms with van der Waals surface area (Å²) in [5.74, 6) is 0. The molecule has 0 spiro atoms. The van der Waals surface area contributed by atoms with Gasteiger partial charge in [0.2, 0.25) is 0 Å². The maximum atomic E-state index is 10.6. The fourth-order valence-electron chi connectivity index (χ4n) is 0.816. The molecule has 1 aliphatic rings. The molecule has 0 saturated carbocycles. The fourth-order valence-corrected chi connectivity index (χ4v) is 0.816. The van der Waals surface area contributed by atoms with E-state index >= 15 is 0 Å². The first-order valence-electron chi connectivity index (χ1n) is 3.29.